The lowest BCUT2D eigenvalue weighted by atomic mass is 9.88. The first kappa shape index (κ1) is 25.8. The van der Waals surface area contributed by atoms with E-state index < -0.39 is 0 Å². The number of ether oxygens (including phenoxy) is 1. The second-order valence-corrected chi connectivity index (χ2v) is 11.4. The summed E-state index contributed by atoms with van der Waals surface area (Å²) in [5.74, 6) is 3.00. The van der Waals surface area contributed by atoms with Gasteiger partial charge in [0.2, 0.25) is 5.95 Å². The topological polar surface area (TPSA) is 64.7 Å². The monoisotopic (exact) mass is 505 g/mol. The number of anilines is 3. The molecular formula is C30H43N5O2. The van der Waals surface area contributed by atoms with Crippen LogP contribution in [0.4, 0.5) is 17.3 Å². The summed E-state index contributed by atoms with van der Waals surface area (Å²) in [6.07, 6.45) is 7.19. The molecule has 1 aromatic heterocycles. The van der Waals surface area contributed by atoms with Crippen molar-refractivity contribution in [1.29, 1.82) is 0 Å². The zero-order valence-corrected chi connectivity index (χ0v) is 22.8. The maximum absolute atomic E-state index is 13.4. The highest BCUT2D eigenvalue weighted by Gasteiger charge is 2.40. The summed E-state index contributed by atoms with van der Waals surface area (Å²) in [6.45, 7) is 11.5. The van der Waals surface area contributed by atoms with Crippen molar-refractivity contribution in [2.45, 2.75) is 52.0 Å². The zero-order valence-electron chi connectivity index (χ0n) is 22.8. The second kappa shape index (κ2) is 11.3. The average molecular weight is 506 g/mol. The highest BCUT2D eigenvalue weighted by Crippen LogP contribution is 2.48. The molecule has 1 N–H and O–H groups in total. The van der Waals surface area contributed by atoms with Gasteiger partial charge in [-0.05, 0) is 66.7 Å². The lowest BCUT2D eigenvalue weighted by Gasteiger charge is -2.32. The van der Waals surface area contributed by atoms with Crippen molar-refractivity contribution in [3.05, 3.63) is 52.5 Å². The lowest BCUT2D eigenvalue weighted by molar-refractivity contribution is 0.122. The number of rotatable bonds is 10. The molecule has 5 rings (SSSR count). The first-order valence-electron chi connectivity index (χ1n) is 14.1. The van der Waals surface area contributed by atoms with Crippen LogP contribution >= 0.6 is 0 Å². The van der Waals surface area contributed by atoms with E-state index in [4.69, 9.17) is 9.72 Å². The van der Waals surface area contributed by atoms with Crippen molar-refractivity contribution in [2.75, 3.05) is 61.6 Å². The second-order valence-electron chi connectivity index (χ2n) is 11.4. The van der Waals surface area contributed by atoms with Crippen LogP contribution < -0.4 is 20.3 Å². The van der Waals surface area contributed by atoms with E-state index in [1.165, 1.54) is 36.9 Å². The van der Waals surface area contributed by atoms with Crippen LogP contribution in [0, 0.1) is 17.8 Å². The molecule has 7 heteroatoms. The fourth-order valence-corrected chi connectivity index (χ4v) is 6.69. The Balaban J connectivity index is 1.48. The SMILES string of the molecule is C=C(CCC)c1nc(N(Cc2cccc(N3CCOCC3)c2)CC2CC3CCC2C3)[nH]c(=O)c1N(C)C. The third kappa shape index (κ3) is 5.71. The van der Waals surface area contributed by atoms with Gasteiger partial charge in [-0.25, -0.2) is 4.98 Å². The van der Waals surface area contributed by atoms with Gasteiger partial charge in [0.15, 0.2) is 0 Å². The van der Waals surface area contributed by atoms with Crippen LogP contribution in [0.15, 0.2) is 35.6 Å². The Kier molecular flexibility index (Phi) is 7.89. The van der Waals surface area contributed by atoms with Gasteiger partial charge in [-0.1, -0.05) is 38.5 Å². The number of allylic oxidation sites excluding steroid dienone is 1. The van der Waals surface area contributed by atoms with Gasteiger partial charge in [-0.2, -0.15) is 0 Å². The van der Waals surface area contributed by atoms with E-state index in [0.717, 1.165) is 75.3 Å². The van der Waals surface area contributed by atoms with Crippen LogP contribution in [0.5, 0.6) is 0 Å². The molecule has 37 heavy (non-hydrogen) atoms. The number of benzene rings is 1. The minimum atomic E-state index is -0.0951. The summed E-state index contributed by atoms with van der Waals surface area (Å²) in [5, 5.41) is 0. The number of hydrogen-bond acceptors (Lipinski definition) is 6. The van der Waals surface area contributed by atoms with Crippen molar-refractivity contribution in [3.8, 4) is 0 Å². The molecule has 1 saturated heterocycles. The van der Waals surface area contributed by atoms with Gasteiger partial charge in [0, 0.05) is 46.0 Å². The molecule has 3 aliphatic rings. The molecule has 3 atom stereocenters. The first-order valence-corrected chi connectivity index (χ1v) is 14.1. The zero-order chi connectivity index (χ0) is 25.9. The van der Waals surface area contributed by atoms with Gasteiger partial charge in [0.05, 0.1) is 18.9 Å². The molecule has 0 spiro atoms. The fourth-order valence-electron chi connectivity index (χ4n) is 6.69. The number of H-pyrrole nitrogens is 1. The summed E-state index contributed by atoms with van der Waals surface area (Å²) in [5.41, 5.74) is 4.62. The molecule has 1 aromatic carbocycles. The van der Waals surface area contributed by atoms with Gasteiger partial charge in [-0.15, -0.1) is 0 Å². The third-order valence-corrected chi connectivity index (χ3v) is 8.52. The maximum atomic E-state index is 13.4. The Morgan fingerprint density at radius 2 is 2.03 bits per heavy atom. The van der Waals surface area contributed by atoms with Crippen molar-refractivity contribution < 1.29 is 4.74 Å². The molecule has 2 heterocycles. The van der Waals surface area contributed by atoms with E-state index in [0.29, 0.717) is 17.6 Å². The Bertz CT molecular complexity index is 1150. The minimum Gasteiger partial charge on any atom is -0.378 e. The van der Waals surface area contributed by atoms with Crippen molar-refractivity contribution in [3.63, 3.8) is 0 Å². The lowest BCUT2D eigenvalue weighted by Crippen LogP contribution is -2.36. The summed E-state index contributed by atoms with van der Waals surface area (Å²) in [4.78, 5) is 28.2. The molecule has 2 saturated carbocycles. The number of morpholine rings is 1. The molecule has 3 fully saturated rings. The summed E-state index contributed by atoms with van der Waals surface area (Å²) in [7, 11) is 3.80. The van der Waals surface area contributed by atoms with Crippen LogP contribution in [-0.4, -0.2) is 56.9 Å². The van der Waals surface area contributed by atoms with Crippen LogP contribution in [0.3, 0.4) is 0 Å². The number of nitrogens with one attached hydrogen (secondary N) is 1. The highest BCUT2D eigenvalue weighted by molar-refractivity contribution is 5.73. The largest absolute Gasteiger partial charge is 0.378 e. The minimum absolute atomic E-state index is 0.0951. The normalized spacial score (nSPS) is 22.9. The molecule has 7 nitrogen and oxygen atoms in total. The predicted octanol–water partition coefficient (Wildman–Crippen LogP) is 4.93. The van der Waals surface area contributed by atoms with E-state index in [1.807, 2.05) is 19.0 Å². The Morgan fingerprint density at radius 1 is 1.22 bits per heavy atom. The Labute approximate surface area is 221 Å². The summed E-state index contributed by atoms with van der Waals surface area (Å²) >= 11 is 0. The molecule has 0 radical (unpaired) electrons. The number of nitrogens with zero attached hydrogens (tertiary/aromatic N) is 4. The summed E-state index contributed by atoms with van der Waals surface area (Å²) in [6, 6.07) is 8.83. The average Bonchev–Trinajstić information content (AvgIpc) is 3.52. The van der Waals surface area contributed by atoms with Crippen molar-refractivity contribution in [2.24, 2.45) is 17.8 Å². The molecule has 2 aromatic rings. The van der Waals surface area contributed by atoms with E-state index >= 15 is 0 Å². The van der Waals surface area contributed by atoms with E-state index in [-0.39, 0.29) is 5.56 Å². The Hall–Kier alpha value is -2.80. The molecule has 3 unspecified atom stereocenters. The van der Waals surface area contributed by atoms with Gasteiger partial charge in [-0.3, -0.25) is 9.78 Å². The third-order valence-electron chi connectivity index (χ3n) is 8.52. The number of aromatic amines is 1. The van der Waals surface area contributed by atoms with Crippen LogP contribution in [-0.2, 0) is 11.3 Å². The number of hydrogen-bond donors (Lipinski definition) is 1. The molecule has 2 bridgehead atoms. The molecule has 200 valence electrons. The van der Waals surface area contributed by atoms with Crippen LogP contribution in [0.1, 0.15) is 56.7 Å². The van der Waals surface area contributed by atoms with E-state index in [2.05, 4.69) is 52.6 Å². The Morgan fingerprint density at radius 3 is 2.70 bits per heavy atom. The molecule has 0 amide bonds. The fraction of sp³-hybridized carbons (Fsp3) is 0.600. The number of fused-ring (bicyclic) bond motifs is 2. The van der Waals surface area contributed by atoms with Gasteiger partial charge >= 0.3 is 0 Å². The summed E-state index contributed by atoms with van der Waals surface area (Å²) < 4.78 is 5.56. The van der Waals surface area contributed by atoms with Crippen LogP contribution in [0.25, 0.3) is 5.57 Å². The smallest absolute Gasteiger partial charge is 0.276 e. The van der Waals surface area contributed by atoms with Crippen molar-refractivity contribution >= 4 is 22.9 Å². The molecule has 2 aliphatic carbocycles. The van der Waals surface area contributed by atoms with E-state index in [9.17, 15) is 4.79 Å². The molecular weight excluding hydrogens is 462 g/mol. The van der Waals surface area contributed by atoms with Gasteiger partial charge < -0.3 is 19.4 Å². The van der Waals surface area contributed by atoms with E-state index in [1.54, 1.807) is 0 Å². The number of aromatic nitrogens is 2. The predicted molar refractivity (Wildman–Crippen MR) is 153 cm³/mol. The van der Waals surface area contributed by atoms with Crippen molar-refractivity contribution in [1.82, 2.24) is 9.97 Å². The maximum Gasteiger partial charge on any atom is 0.276 e. The van der Waals surface area contributed by atoms with Gasteiger partial charge in [0.1, 0.15) is 5.69 Å². The van der Waals surface area contributed by atoms with Crippen LogP contribution in [0.2, 0.25) is 0 Å². The first-order chi connectivity index (χ1) is 17.9. The quantitative estimate of drug-likeness (QED) is 0.494. The highest BCUT2D eigenvalue weighted by atomic mass is 16.5. The van der Waals surface area contributed by atoms with Gasteiger partial charge in [0.25, 0.3) is 5.56 Å². The molecule has 1 aliphatic heterocycles. The standard InChI is InChI=1S/C30H43N5O2/c1-5-7-21(2)27-28(33(3)4)29(36)32-30(31-27)35(20-25-17-22-10-11-24(25)16-22)19-23-8-6-9-26(18-23)34-12-14-37-15-13-34/h6,8-9,18,22,24-25H,2,5,7,10-17,19-20H2,1,3-4H3,(H,31,32,36).